The molecule has 1 unspecified atom stereocenters. The van der Waals surface area contributed by atoms with Crippen LogP contribution in [0.4, 0.5) is 0 Å². The molecule has 0 amide bonds. The van der Waals surface area contributed by atoms with Gasteiger partial charge in [-0.1, -0.05) is 19.4 Å². The topological polar surface area (TPSA) is 26.0 Å². The molecule has 0 aliphatic heterocycles. The zero-order valence-electron chi connectivity index (χ0n) is 5.56. The van der Waals surface area contributed by atoms with Crippen LogP contribution < -0.4 is 5.73 Å². The zero-order chi connectivity index (χ0) is 6.41. The van der Waals surface area contributed by atoms with E-state index in [2.05, 4.69) is 13.5 Å². The molecule has 0 saturated carbocycles. The third-order valence-electron chi connectivity index (χ3n) is 1.41. The summed E-state index contributed by atoms with van der Waals surface area (Å²) in [4.78, 5) is 0. The molecule has 0 aromatic heterocycles. The SMILES string of the molecule is C=CCC(CC)CN. The summed E-state index contributed by atoms with van der Waals surface area (Å²) in [5.41, 5.74) is 5.42. The summed E-state index contributed by atoms with van der Waals surface area (Å²) in [5.74, 6) is 0.660. The molecule has 1 atom stereocenters. The standard InChI is InChI=1S/C7H15N/c1-3-5-7(4-2)6-8/h3,7H,1,4-6,8H2,2H3. The predicted molar refractivity (Wildman–Crippen MR) is 37.6 cm³/mol. The lowest BCUT2D eigenvalue weighted by atomic mass is 10.0. The van der Waals surface area contributed by atoms with Gasteiger partial charge in [-0.05, 0) is 18.9 Å². The van der Waals surface area contributed by atoms with E-state index in [1.165, 1.54) is 6.42 Å². The van der Waals surface area contributed by atoms with Crippen LogP contribution in [-0.2, 0) is 0 Å². The van der Waals surface area contributed by atoms with E-state index in [-0.39, 0.29) is 0 Å². The Labute approximate surface area is 51.6 Å². The summed E-state index contributed by atoms with van der Waals surface area (Å²) in [7, 11) is 0. The average molecular weight is 113 g/mol. The molecule has 8 heavy (non-hydrogen) atoms. The van der Waals surface area contributed by atoms with Crippen molar-refractivity contribution in [2.24, 2.45) is 11.7 Å². The lowest BCUT2D eigenvalue weighted by Gasteiger charge is -2.06. The van der Waals surface area contributed by atoms with Crippen LogP contribution in [0.25, 0.3) is 0 Å². The van der Waals surface area contributed by atoms with Crippen molar-refractivity contribution in [3.05, 3.63) is 12.7 Å². The molecular formula is C7H15N. The Bertz CT molecular complexity index is 55.4. The third-order valence-corrected chi connectivity index (χ3v) is 1.41. The molecule has 0 spiro atoms. The van der Waals surface area contributed by atoms with E-state index in [1.807, 2.05) is 6.08 Å². The minimum atomic E-state index is 0.660. The van der Waals surface area contributed by atoms with Crippen molar-refractivity contribution in [1.29, 1.82) is 0 Å². The van der Waals surface area contributed by atoms with Crippen molar-refractivity contribution in [3.8, 4) is 0 Å². The van der Waals surface area contributed by atoms with Gasteiger partial charge in [-0.25, -0.2) is 0 Å². The van der Waals surface area contributed by atoms with Crippen LogP contribution in [0.2, 0.25) is 0 Å². The first-order chi connectivity index (χ1) is 3.85. The highest BCUT2D eigenvalue weighted by Gasteiger charge is 1.97. The highest BCUT2D eigenvalue weighted by atomic mass is 14.5. The minimum absolute atomic E-state index is 0.660. The van der Waals surface area contributed by atoms with E-state index in [0.29, 0.717) is 5.92 Å². The fourth-order valence-electron chi connectivity index (χ4n) is 0.665. The van der Waals surface area contributed by atoms with Gasteiger partial charge in [0.25, 0.3) is 0 Å². The highest BCUT2D eigenvalue weighted by molar-refractivity contribution is 4.72. The second-order valence-electron chi connectivity index (χ2n) is 2.03. The first kappa shape index (κ1) is 7.70. The molecule has 0 aliphatic rings. The van der Waals surface area contributed by atoms with Crippen LogP contribution in [0.5, 0.6) is 0 Å². The predicted octanol–water partition coefficient (Wildman–Crippen LogP) is 1.55. The molecule has 2 N–H and O–H groups in total. The molecule has 48 valence electrons. The Morgan fingerprint density at radius 1 is 1.75 bits per heavy atom. The van der Waals surface area contributed by atoms with E-state index in [0.717, 1.165) is 13.0 Å². The van der Waals surface area contributed by atoms with Crippen molar-refractivity contribution in [1.82, 2.24) is 0 Å². The summed E-state index contributed by atoms with van der Waals surface area (Å²) in [6.45, 7) is 6.59. The van der Waals surface area contributed by atoms with E-state index in [4.69, 9.17) is 5.73 Å². The van der Waals surface area contributed by atoms with Crippen molar-refractivity contribution in [2.45, 2.75) is 19.8 Å². The fraction of sp³-hybridized carbons (Fsp3) is 0.714. The molecule has 0 saturated heterocycles. The number of hydrogen-bond donors (Lipinski definition) is 1. The largest absolute Gasteiger partial charge is 0.330 e. The third kappa shape index (κ3) is 2.80. The summed E-state index contributed by atoms with van der Waals surface area (Å²) in [6.07, 6.45) is 4.16. The number of allylic oxidation sites excluding steroid dienone is 1. The summed E-state index contributed by atoms with van der Waals surface area (Å²) in [6, 6.07) is 0. The molecule has 0 aromatic carbocycles. The van der Waals surface area contributed by atoms with Gasteiger partial charge < -0.3 is 5.73 Å². The van der Waals surface area contributed by atoms with Gasteiger partial charge in [0.15, 0.2) is 0 Å². The lowest BCUT2D eigenvalue weighted by molar-refractivity contribution is 0.529. The molecule has 1 nitrogen and oxygen atoms in total. The number of nitrogens with two attached hydrogens (primary N) is 1. The quantitative estimate of drug-likeness (QED) is 0.550. The molecule has 0 rings (SSSR count). The maximum atomic E-state index is 5.42. The second kappa shape index (κ2) is 4.85. The fourth-order valence-corrected chi connectivity index (χ4v) is 0.665. The van der Waals surface area contributed by atoms with E-state index in [9.17, 15) is 0 Å². The van der Waals surface area contributed by atoms with Gasteiger partial charge in [0.1, 0.15) is 0 Å². The van der Waals surface area contributed by atoms with Gasteiger partial charge in [-0.2, -0.15) is 0 Å². The van der Waals surface area contributed by atoms with Crippen LogP contribution in [0.15, 0.2) is 12.7 Å². The molecule has 0 aromatic rings. The van der Waals surface area contributed by atoms with Gasteiger partial charge >= 0.3 is 0 Å². The highest BCUT2D eigenvalue weighted by Crippen LogP contribution is 2.04. The first-order valence-corrected chi connectivity index (χ1v) is 3.16. The van der Waals surface area contributed by atoms with Gasteiger partial charge in [0, 0.05) is 0 Å². The maximum absolute atomic E-state index is 5.42. The van der Waals surface area contributed by atoms with Gasteiger partial charge in [0.05, 0.1) is 0 Å². The van der Waals surface area contributed by atoms with E-state index >= 15 is 0 Å². The Hall–Kier alpha value is -0.300. The number of rotatable bonds is 4. The van der Waals surface area contributed by atoms with Crippen LogP contribution in [0, 0.1) is 5.92 Å². The van der Waals surface area contributed by atoms with E-state index in [1.54, 1.807) is 0 Å². The zero-order valence-corrected chi connectivity index (χ0v) is 5.56. The van der Waals surface area contributed by atoms with Crippen LogP contribution >= 0.6 is 0 Å². The van der Waals surface area contributed by atoms with E-state index < -0.39 is 0 Å². The molecule has 0 aliphatic carbocycles. The first-order valence-electron chi connectivity index (χ1n) is 3.16. The average Bonchev–Trinajstić information content (AvgIpc) is 1.83. The Kier molecular flexibility index (Phi) is 4.67. The van der Waals surface area contributed by atoms with Gasteiger partial charge in [0.2, 0.25) is 0 Å². The lowest BCUT2D eigenvalue weighted by Crippen LogP contribution is -2.11. The molecular weight excluding hydrogens is 98.1 g/mol. The van der Waals surface area contributed by atoms with Crippen LogP contribution in [0.3, 0.4) is 0 Å². The summed E-state index contributed by atoms with van der Waals surface area (Å²) in [5, 5.41) is 0. The smallest absolute Gasteiger partial charge is 0.00460 e. The Morgan fingerprint density at radius 2 is 2.38 bits per heavy atom. The van der Waals surface area contributed by atoms with Crippen LogP contribution in [0.1, 0.15) is 19.8 Å². The van der Waals surface area contributed by atoms with Gasteiger partial charge in [-0.15, -0.1) is 6.58 Å². The maximum Gasteiger partial charge on any atom is -0.00460 e. The number of hydrogen-bond acceptors (Lipinski definition) is 1. The normalized spacial score (nSPS) is 13.2. The molecule has 0 radical (unpaired) electrons. The monoisotopic (exact) mass is 113 g/mol. The molecule has 0 bridgehead atoms. The Morgan fingerprint density at radius 3 is 2.50 bits per heavy atom. The molecule has 1 heteroatoms. The van der Waals surface area contributed by atoms with Crippen molar-refractivity contribution < 1.29 is 0 Å². The van der Waals surface area contributed by atoms with Crippen molar-refractivity contribution >= 4 is 0 Å². The molecule has 0 fully saturated rings. The summed E-state index contributed by atoms with van der Waals surface area (Å²) < 4.78 is 0. The minimum Gasteiger partial charge on any atom is -0.330 e. The Balaban J connectivity index is 3.20. The molecule has 0 heterocycles. The summed E-state index contributed by atoms with van der Waals surface area (Å²) >= 11 is 0. The van der Waals surface area contributed by atoms with Crippen molar-refractivity contribution in [3.63, 3.8) is 0 Å². The second-order valence-corrected chi connectivity index (χ2v) is 2.03. The van der Waals surface area contributed by atoms with Crippen molar-refractivity contribution in [2.75, 3.05) is 6.54 Å². The van der Waals surface area contributed by atoms with Crippen LogP contribution in [-0.4, -0.2) is 6.54 Å². The van der Waals surface area contributed by atoms with Gasteiger partial charge in [-0.3, -0.25) is 0 Å².